The quantitative estimate of drug-likeness (QED) is 0.630. The van der Waals surface area contributed by atoms with Gasteiger partial charge in [-0.3, -0.25) is 4.99 Å². The molecule has 148 valence electrons. The zero-order chi connectivity index (χ0) is 19.9. The lowest BCUT2D eigenvalue weighted by Gasteiger charge is -2.26. The van der Waals surface area contributed by atoms with Crippen molar-refractivity contribution in [3.8, 4) is 0 Å². The van der Waals surface area contributed by atoms with Crippen molar-refractivity contribution in [2.75, 3.05) is 11.5 Å². The zero-order valence-electron chi connectivity index (χ0n) is 14.7. The highest BCUT2D eigenvalue weighted by Crippen LogP contribution is 2.34. The van der Waals surface area contributed by atoms with Crippen LogP contribution in [0.5, 0.6) is 0 Å². The summed E-state index contributed by atoms with van der Waals surface area (Å²) in [6.45, 7) is 0.598. The van der Waals surface area contributed by atoms with Crippen LogP contribution < -0.4 is 0 Å². The summed E-state index contributed by atoms with van der Waals surface area (Å²) in [6.07, 6.45) is 0. The van der Waals surface area contributed by atoms with Gasteiger partial charge >= 0.3 is 0 Å². The van der Waals surface area contributed by atoms with E-state index in [0.717, 1.165) is 16.3 Å². The second-order valence-electron chi connectivity index (χ2n) is 6.91. The maximum absolute atomic E-state index is 12.1. The van der Waals surface area contributed by atoms with E-state index in [4.69, 9.17) is 39.8 Å². The third-order valence-electron chi connectivity index (χ3n) is 4.83. The second kappa shape index (κ2) is 8.07. The molecule has 2 heterocycles. The summed E-state index contributed by atoms with van der Waals surface area (Å²) in [4.78, 5) is 6.85. The van der Waals surface area contributed by atoms with E-state index < -0.39 is 9.84 Å². The van der Waals surface area contributed by atoms with Gasteiger partial charge in [0.2, 0.25) is 0 Å². The number of amidine groups is 1. The van der Waals surface area contributed by atoms with E-state index >= 15 is 0 Å². The van der Waals surface area contributed by atoms with Crippen molar-refractivity contribution >= 4 is 61.6 Å². The van der Waals surface area contributed by atoms with E-state index in [-0.39, 0.29) is 23.6 Å². The van der Waals surface area contributed by atoms with Crippen LogP contribution in [-0.2, 0) is 22.1 Å². The molecule has 0 spiro atoms. The van der Waals surface area contributed by atoms with Crippen LogP contribution in [0.2, 0.25) is 15.1 Å². The number of aliphatic imine (C=N–C) groups is 1. The first-order chi connectivity index (χ1) is 13.3. The molecule has 2 aliphatic rings. The molecule has 2 aromatic carbocycles. The van der Waals surface area contributed by atoms with Crippen molar-refractivity contribution in [2.24, 2.45) is 4.99 Å². The van der Waals surface area contributed by atoms with Crippen LogP contribution in [0.3, 0.4) is 0 Å². The summed E-state index contributed by atoms with van der Waals surface area (Å²) >= 11 is 19.7. The summed E-state index contributed by atoms with van der Waals surface area (Å²) in [5.74, 6) is 0.941. The van der Waals surface area contributed by atoms with Crippen molar-refractivity contribution < 1.29 is 8.42 Å². The van der Waals surface area contributed by atoms with E-state index in [1.807, 2.05) is 36.4 Å². The number of nitrogens with zero attached hydrogens (tertiary/aromatic N) is 2. The van der Waals surface area contributed by atoms with Crippen molar-refractivity contribution in [2.45, 2.75) is 24.4 Å². The summed E-state index contributed by atoms with van der Waals surface area (Å²) in [6, 6.07) is 12.9. The lowest BCUT2D eigenvalue weighted by atomic mass is 10.1. The van der Waals surface area contributed by atoms with Gasteiger partial charge in [0.05, 0.1) is 33.6 Å². The Morgan fingerprint density at radius 1 is 1.00 bits per heavy atom. The molecule has 0 saturated carbocycles. The molecule has 4 rings (SSSR count). The van der Waals surface area contributed by atoms with Gasteiger partial charge in [-0.05, 0) is 35.4 Å². The average Bonchev–Trinajstić information content (AvgIpc) is 3.10. The van der Waals surface area contributed by atoms with E-state index in [9.17, 15) is 8.42 Å². The molecule has 4 nitrogen and oxygen atoms in total. The van der Waals surface area contributed by atoms with Gasteiger partial charge < -0.3 is 4.90 Å². The number of sulfone groups is 1. The normalized spacial score (nSPS) is 23.0. The first kappa shape index (κ1) is 20.4. The SMILES string of the molecule is O=S1(=O)C[C@H]2N=C(SCc3ccc(Cl)c(Cl)c3)N(Cc3ccc(Cl)cc3)[C@H]2C1. The van der Waals surface area contributed by atoms with Gasteiger partial charge in [-0.25, -0.2) is 8.42 Å². The van der Waals surface area contributed by atoms with Gasteiger partial charge in [-0.1, -0.05) is 64.8 Å². The minimum atomic E-state index is -3.05. The molecular formula is C19H17Cl3N2O2S2. The van der Waals surface area contributed by atoms with E-state index in [1.54, 1.807) is 17.8 Å². The Labute approximate surface area is 183 Å². The average molecular weight is 476 g/mol. The minimum absolute atomic E-state index is 0.114. The van der Waals surface area contributed by atoms with Gasteiger partial charge in [0, 0.05) is 17.3 Å². The predicted molar refractivity (Wildman–Crippen MR) is 118 cm³/mol. The smallest absolute Gasteiger partial charge is 0.160 e. The van der Waals surface area contributed by atoms with E-state index in [2.05, 4.69) is 4.90 Å². The molecule has 9 heteroatoms. The van der Waals surface area contributed by atoms with Gasteiger partial charge in [0.25, 0.3) is 0 Å². The lowest BCUT2D eigenvalue weighted by molar-refractivity contribution is 0.343. The van der Waals surface area contributed by atoms with Crippen molar-refractivity contribution in [1.82, 2.24) is 4.90 Å². The van der Waals surface area contributed by atoms with E-state index in [1.165, 1.54) is 0 Å². The molecule has 28 heavy (non-hydrogen) atoms. The number of hydrogen-bond donors (Lipinski definition) is 0. The fraction of sp³-hybridized carbons (Fsp3) is 0.316. The highest BCUT2D eigenvalue weighted by Gasteiger charge is 2.46. The molecule has 2 atom stereocenters. The van der Waals surface area contributed by atoms with Crippen LogP contribution in [0.4, 0.5) is 0 Å². The highest BCUT2D eigenvalue weighted by molar-refractivity contribution is 8.13. The molecule has 0 aromatic heterocycles. The third-order valence-corrected chi connectivity index (χ3v) is 8.60. The summed E-state index contributed by atoms with van der Waals surface area (Å²) < 4.78 is 24.2. The van der Waals surface area contributed by atoms with Gasteiger partial charge in [-0.2, -0.15) is 0 Å². The molecule has 0 bridgehead atoms. The standard InChI is InChI=1S/C19H17Cl3N2O2S2/c20-14-4-1-12(2-5-14)8-24-18-11-28(25,26)10-17(18)23-19(24)27-9-13-3-6-15(21)16(22)7-13/h1-7,17-18H,8-11H2/t17-,18+/m1/s1. The molecule has 1 saturated heterocycles. The van der Waals surface area contributed by atoms with Crippen molar-refractivity contribution in [3.63, 3.8) is 0 Å². The van der Waals surface area contributed by atoms with Crippen LogP contribution in [-0.4, -0.2) is 42.1 Å². The number of fused-ring (bicyclic) bond motifs is 1. The number of benzene rings is 2. The Morgan fingerprint density at radius 3 is 2.43 bits per heavy atom. The Morgan fingerprint density at radius 2 is 1.71 bits per heavy atom. The van der Waals surface area contributed by atoms with Crippen LogP contribution in [0.1, 0.15) is 11.1 Å². The van der Waals surface area contributed by atoms with E-state index in [0.29, 0.717) is 27.4 Å². The van der Waals surface area contributed by atoms with Crippen LogP contribution >= 0.6 is 46.6 Å². The molecule has 0 aliphatic carbocycles. The molecule has 0 N–H and O–H groups in total. The highest BCUT2D eigenvalue weighted by atomic mass is 35.5. The Balaban J connectivity index is 1.54. The minimum Gasteiger partial charge on any atom is -0.341 e. The summed E-state index contributed by atoms with van der Waals surface area (Å²) in [5, 5.41) is 2.59. The van der Waals surface area contributed by atoms with Crippen molar-refractivity contribution in [1.29, 1.82) is 0 Å². The van der Waals surface area contributed by atoms with Crippen molar-refractivity contribution in [3.05, 3.63) is 68.7 Å². The molecule has 0 radical (unpaired) electrons. The first-order valence-electron chi connectivity index (χ1n) is 8.67. The monoisotopic (exact) mass is 474 g/mol. The molecule has 0 unspecified atom stereocenters. The number of rotatable bonds is 4. The largest absolute Gasteiger partial charge is 0.341 e. The number of halogens is 3. The molecule has 2 aromatic rings. The maximum atomic E-state index is 12.1. The third kappa shape index (κ3) is 4.46. The Bertz CT molecular complexity index is 1030. The van der Waals surface area contributed by atoms with Gasteiger partial charge in [-0.15, -0.1) is 0 Å². The zero-order valence-corrected chi connectivity index (χ0v) is 18.6. The lowest BCUT2D eigenvalue weighted by Crippen LogP contribution is -2.38. The second-order valence-corrected chi connectivity index (χ2v) is 11.3. The topological polar surface area (TPSA) is 49.7 Å². The first-order valence-corrected chi connectivity index (χ1v) is 12.6. The fourth-order valence-corrected chi connectivity index (χ4v) is 6.83. The summed E-state index contributed by atoms with van der Waals surface area (Å²) in [5.41, 5.74) is 2.11. The number of hydrogen-bond acceptors (Lipinski definition) is 5. The Hall–Kier alpha value is -0.920. The van der Waals surface area contributed by atoms with Gasteiger partial charge in [0.1, 0.15) is 0 Å². The van der Waals surface area contributed by atoms with Gasteiger partial charge in [0.15, 0.2) is 15.0 Å². The number of thioether (sulfide) groups is 1. The molecule has 1 fully saturated rings. The molecule has 2 aliphatic heterocycles. The molecule has 0 amide bonds. The molecular weight excluding hydrogens is 459 g/mol. The fourth-order valence-electron chi connectivity index (χ4n) is 3.46. The predicted octanol–water partition coefficient (Wildman–Crippen LogP) is 4.92. The Kier molecular flexibility index (Phi) is 5.87. The summed E-state index contributed by atoms with van der Waals surface area (Å²) in [7, 11) is -3.05. The maximum Gasteiger partial charge on any atom is 0.160 e. The van der Waals surface area contributed by atoms with Crippen LogP contribution in [0, 0.1) is 0 Å². The van der Waals surface area contributed by atoms with Crippen LogP contribution in [0.15, 0.2) is 47.5 Å². The van der Waals surface area contributed by atoms with Crippen LogP contribution in [0.25, 0.3) is 0 Å².